The number of carbonyl (C=O) groups is 1. The van der Waals surface area contributed by atoms with Crippen LogP contribution in [0.25, 0.3) is 16.4 Å². The Morgan fingerprint density at radius 1 is 1.20 bits per heavy atom. The Morgan fingerprint density at radius 3 is 2.70 bits per heavy atom. The van der Waals surface area contributed by atoms with E-state index in [0.29, 0.717) is 28.2 Å². The Kier molecular flexibility index (Phi) is 4.88. The Labute approximate surface area is 173 Å². The Hall–Kier alpha value is -3.86. The summed E-state index contributed by atoms with van der Waals surface area (Å²) >= 11 is 0. The van der Waals surface area contributed by atoms with Crippen LogP contribution in [0, 0.1) is 11.3 Å². The first-order chi connectivity index (χ1) is 14.4. The number of benzene rings is 1. The molecule has 4 aromatic rings. The molecule has 0 aliphatic heterocycles. The number of nitriles is 1. The van der Waals surface area contributed by atoms with Crippen molar-refractivity contribution in [1.82, 2.24) is 19.4 Å². The molecule has 0 atom stereocenters. The summed E-state index contributed by atoms with van der Waals surface area (Å²) in [6.07, 6.45) is 3.32. The van der Waals surface area contributed by atoms with Crippen molar-refractivity contribution in [2.24, 2.45) is 0 Å². The van der Waals surface area contributed by atoms with Gasteiger partial charge in [-0.3, -0.25) is 9.48 Å². The molecule has 0 unspecified atom stereocenters. The van der Waals surface area contributed by atoms with Crippen LogP contribution >= 0.6 is 0 Å². The van der Waals surface area contributed by atoms with Crippen LogP contribution in [0.5, 0.6) is 5.75 Å². The molecular weight excluding hydrogens is 380 g/mol. The largest absolute Gasteiger partial charge is 0.489 e. The van der Waals surface area contributed by atoms with Crippen LogP contribution in [0.2, 0.25) is 0 Å². The zero-order valence-corrected chi connectivity index (χ0v) is 17.2. The van der Waals surface area contributed by atoms with E-state index in [1.54, 1.807) is 18.2 Å². The van der Waals surface area contributed by atoms with E-state index in [2.05, 4.69) is 29.4 Å². The van der Waals surface area contributed by atoms with E-state index in [1.165, 1.54) is 10.7 Å². The summed E-state index contributed by atoms with van der Waals surface area (Å²) < 4.78 is 9.33. The van der Waals surface area contributed by atoms with Gasteiger partial charge in [0.2, 0.25) is 0 Å². The minimum Gasteiger partial charge on any atom is -0.489 e. The van der Waals surface area contributed by atoms with Gasteiger partial charge in [0, 0.05) is 23.7 Å². The Morgan fingerprint density at radius 2 is 2.00 bits per heavy atom. The summed E-state index contributed by atoms with van der Waals surface area (Å²) in [4.78, 5) is 13.0. The van der Waals surface area contributed by atoms with Crippen molar-refractivity contribution < 1.29 is 9.53 Å². The Balaban J connectivity index is 1.73. The van der Waals surface area contributed by atoms with E-state index < -0.39 is 0 Å². The van der Waals surface area contributed by atoms with Crippen LogP contribution in [-0.2, 0) is 0 Å². The minimum atomic E-state index is -0.323. The van der Waals surface area contributed by atoms with Crippen molar-refractivity contribution in [3.8, 4) is 11.8 Å². The van der Waals surface area contributed by atoms with Crippen molar-refractivity contribution in [2.75, 3.05) is 5.32 Å². The standard InChI is InChI=1S/C22H22N6O2/c1-13(2)27-12-16-8-19(21(30-14(3)4)9-18(16)26-27)25-22(29)20-6-5-17-7-15(10-23)11-24-28(17)20/h5-9,11-14H,1-4H3,(H,25,29). The number of fused-ring (bicyclic) bond motifs is 2. The first-order valence-corrected chi connectivity index (χ1v) is 9.74. The fourth-order valence-corrected chi connectivity index (χ4v) is 3.20. The van der Waals surface area contributed by atoms with Gasteiger partial charge in [-0.15, -0.1) is 0 Å². The second-order valence-electron chi connectivity index (χ2n) is 7.64. The van der Waals surface area contributed by atoms with Gasteiger partial charge in [0.15, 0.2) is 0 Å². The molecule has 0 bridgehead atoms. The van der Waals surface area contributed by atoms with Crippen LogP contribution in [-0.4, -0.2) is 31.4 Å². The third-order valence-electron chi connectivity index (χ3n) is 4.63. The monoisotopic (exact) mass is 402 g/mol. The SMILES string of the molecule is CC(C)Oc1cc2nn(C(C)C)cc2cc1NC(=O)c1ccc2cc(C#N)cnn12. The van der Waals surface area contributed by atoms with E-state index in [9.17, 15) is 4.79 Å². The van der Waals surface area contributed by atoms with Crippen LogP contribution in [0.4, 0.5) is 5.69 Å². The van der Waals surface area contributed by atoms with Crippen molar-refractivity contribution >= 4 is 28.0 Å². The number of carbonyl (C=O) groups excluding carboxylic acids is 1. The van der Waals surface area contributed by atoms with Gasteiger partial charge in [0.1, 0.15) is 17.5 Å². The number of anilines is 1. The highest BCUT2D eigenvalue weighted by Crippen LogP contribution is 2.32. The summed E-state index contributed by atoms with van der Waals surface area (Å²) in [6.45, 7) is 7.98. The highest BCUT2D eigenvalue weighted by Gasteiger charge is 2.17. The van der Waals surface area contributed by atoms with Crippen LogP contribution in [0.1, 0.15) is 49.8 Å². The molecule has 8 nitrogen and oxygen atoms in total. The first-order valence-electron chi connectivity index (χ1n) is 9.74. The van der Waals surface area contributed by atoms with Gasteiger partial charge in [0.05, 0.1) is 34.6 Å². The third-order valence-corrected chi connectivity index (χ3v) is 4.63. The van der Waals surface area contributed by atoms with Crippen molar-refractivity contribution in [1.29, 1.82) is 5.26 Å². The fourth-order valence-electron chi connectivity index (χ4n) is 3.20. The zero-order chi connectivity index (χ0) is 21.4. The van der Waals surface area contributed by atoms with E-state index >= 15 is 0 Å². The fraction of sp³-hybridized carbons (Fsp3) is 0.273. The first kappa shape index (κ1) is 19.5. The molecule has 3 aromatic heterocycles. The maximum Gasteiger partial charge on any atom is 0.274 e. The zero-order valence-electron chi connectivity index (χ0n) is 17.2. The van der Waals surface area contributed by atoms with E-state index in [1.807, 2.05) is 42.9 Å². The maximum atomic E-state index is 13.0. The molecule has 0 fully saturated rings. The van der Waals surface area contributed by atoms with Crippen LogP contribution in [0.15, 0.2) is 42.7 Å². The number of ether oxygens (including phenoxy) is 1. The number of hydrogen-bond donors (Lipinski definition) is 1. The van der Waals surface area contributed by atoms with E-state index in [4.69, 9.17) is 10.00 Å². The molecule has 1 amide bonds. The second kappa shape index (κ2) is 7.52. The highest BCUT2D eigenvalue weighted by atomic mass is 16.5. The molecule has 0 spiro atoms. The normalized spacial score (nSPS) is 11.4. The van der Waals surface area contributed by atoms with Gasteiger partial charge >= 0.3 is 0 Å². The Bertz CT molecular complexity index is 1290. The van der Waals surface area contributed by atoms with Gasteiger partial charge in [-0.1, -0.05) is 0 Å². The quantitative estimate of drug-likeness (QED) is 0.540. The van der Waals surface area contributed by atoms with Crippen molar-refractivity contribution in [2.45, 2.75) is 39.8 Å². The minimum absolute atomic E-state index is 0.0644. The van der Waals surface area contributed by atoms with Gasteiger partial charge in [-0.25, -0.2) is 4.52 Å². The lowest BCUT2D eigenvalue weighted by Gasteiger charge is -2.15. The summed E-state index contributed by atoms with van der Waals surface area (Å²) in [7, 11) is 0. The predicted octanol–water partition coefficient (Wildman–Crippen LogP) is 4.18. The molecule has 152 valence electrons. The lowest BCUT2D eigenvalue weighted by atomic mass is 10.2. The number of nitrogens with zero attached hydrogens (tertiary/aromatic N) is 5. The second-order valence-corrected chi connectivity index (χ2v) is 7.64. The van der Waals surface area contributed by atoms with Crippen LogP contribution < -0.4 is 10.1 Å². The predicted molar refractivity (Wildman–Crippen MR) is 114 cm³/mol. The number of hydrogen-bond acceptors (Lipinski definition) is 5. The molecule has 0 aliphatic rings. The smallest absolute Gasteiger partial charge is 0.274 e. The molecule has 8 heteroatoms. The number of aromatic nitrogens is 4. The summed E-state index contributed by atoms with van der Waals surface area (Å²) in [5.74, 6) is 0.233. The van der Waals surface area contributed by atoms with Crippen LogP contribution in [0.3, 0.4) is 0 Å². The average molecular weight is 402 g/mol. The summed E-state index contributed by atoms with van der Waals surface area (Å²) in [5, 5.41) is 21.7. The van der Waals surface area contributed by atoms with Crippen molar-refractivity contribution in [3.05, 3.63) is 54.0 Å². The molecule has 1 N–H and O–H groups in total. The lowest BCUT2D eigenvalue weighted by Crippen LogP contribution is -2.17. The van der Waals surface area contributed by atoms with Gasteiger partial charge in [-0.2, -0.15) is 15.5 Å². The van der Waals surface area contributed by atoms with Gasteiger partial charge in [0.25, 0.3) is 5.91 Å². The third kappa shape index (κ3) is 3.57. The highest BCUT2D eigenvalue weighted by molar-refractivity contribution is 6.05. The maximum absolute atomic E-state index is 13.0. The number of amides is 1. The summed E-state index contributed by atoms with van der Waals surface area (Å²) in [5.41, 5.74) is 2.84. The summed E-state index contributed by atoms with van der Waals surface area (Å²) in [6, 6.07) is 11.1. The molecule has 30 heavy (non-hydrogen) atoms. The molecule has 0 saturated carbocycles. The van der Waals surface area contributed by atoms with E-state index in [-0.39, 0.29) is 18.1 Å². The average Bonchev–Trinajstić information content (AvgIpc) is 3.30. The van der Waals surface area contributed by atoms with Crippen molar-refractivity contribution in [3.63, 3.8) is 0 Å². The number of nitrogens with one attached hydrogen (secondary N) is 1. The van der Waals surface area contributed by atoms with Gasteiger partial charge < -0.3 is 10.1 Å². The molecule has 0 aliphatic carbocycles. The molecule has 0 radical (unpaired) electrons. The topological polar surface area (TPSA) is 97.2 Å². The molecule has 0 saturated heterocycles. The van der Waals surface area contributed by atoms with E-state index in [0.717, 1.165) is 10.9 Å². The molecule has 1 aromatic carbocycles. The molecule has 4 rings (SSSR count). The van der Waals surface area contributed by atoms with Gasteiger partial charge in [-0.05, 0) is 52.0 Å². The molecular formula is C22H22N6O2. The lowest BCUT2D eigenvalue weighted by molar-refractivity contribution is 0.101. The molecule has 3 heterocycles. The number of rotatable bonds is 5.